The SMILES string of the molecule is Cc1ccc2c3c1OC1C(O)CC[C@]4(O)[C@H](C2)N(CC2CCC2)CCC314. The number of nitrogens with zero attached hydrogens (tertiary/aromatic N) is 1. The lowest BCUT2D eigenvalue weighted by atomic mass is 9.48. The Morgan fingerprint density at radius 3 is 2.85 bits per heavy atom. The summed E-state index contributed by atoms with van der Waals surface area (Å²) in [7, 11) is 0. The molecule has 4 nitrogen and oxygen atoms in total. The highest BCUT2D eigenvalue weighted by molar-refractivity contribution is 5.60. The van der Waals surface area contributed by atoms with Gasteiger partial charge in [-0.15, -0.1) is 0 Å². The fourth-order valence-electron chi connectivity index (χ4n) is 6.98. The quantitative estimate of drug-likeness (QED) is 0.855. The summed E-state index contributed by atoms with van der Waals surface area (Å²) in [6, 6.07) is 4.57. The number of ether oxygens (including phenoxy) is 1. The van der Waals surface area contributed by atoms with Gasteiger partial charge in [-0.25, -0.2) is 0 Å². The van der Waals surface area contributed by atoms with Crippen molar-refractivity contribution in [3.05, 3.63) is 28.8 Å². The average molecular weight is 355 g/mol. The highest BCUT2D eigenvalue weighted by atomic mass is 16.5. The molecule has 5 aliphatic rings. The molecule has 2 N–H and O–H groups in total. The Bertz CT molecular complexity index is 775. The lowest BCUT2D eigenvalue weighted by Crippen LogP contribution is -2.77. The first-order valence-electron chi connectivity index (χ1n) is 10.5. The summed E-state index contributed by atoms with van der Waals surface area (Å²) in [5.74, 6) is 1.77. The summed E-state index contributed by atoms with van der Waals surface area (Å²) in [5.41, 5.74) is 2.53. The Kier molecular flexibility index (Phi) is 3.08. The molecule has 1 aromatic rings. The first-order valence-corrected chi connectivity index (χ1v) is 10.5. The minimum Gasteiger partial charge on any atom is -0.486 e. The molecule has 3 unspecified atom stereocenters. The number of aliphatic hydroxyl groups excluding tert-OH is 1. The van der Waals surface area contributed by atoms with Crippen molar-refractivity contribution in [1.29, 1.82) is 0 Å². The van der Waals surface area contributed by atoms with Crippen LogP contribution in [0.2, 0.25) is 0 Å². The zero-order valence-electron chi connectivity index (χ0n) is 15.6. The van der Waals surface area contributed by atoms with Crippen molar-refractivity contribution in [1.82, 2.24) is 4.90 Å². The number of piperidine rings is 1. The van der Waals surface area contributed by atoms with Crippen LogP contribution in [0.4, 0.5) is 0 Å². The smallest absolute Gasteiger partial charge is 0.137 e. The van der Waals surface area contributed by atoms with E-state index in [-0.39, 0.29) is 12.1 Å². The monoisotopic (exact) mass is 355 g/mol. The van der Waals surface area contributed by atoms with Crippen molar-refractivity contribution < 1.29 is 14.9 Å². The normalized spacial score (nSPS) is 43.6. The van der Waals surface area contributed by atoms with E-state index in [1.54, 1.807) is 0 Å². The van der Waals surface area contributed by atoms with E-state index < -0.39 is 17.1 Å². The van der Waals surface area contributed by atoms with Crippen molar-refractivity contribution in [2.45, 2.75) is 81.1 Å². The van der Waals surface area contributed by atoms with Gasteiger partial charge in [0.15, 0.2) is 0 Å². The molecule has 2 saturated carbocycles. The van der Waals surface area contributed by atoms with Crippen LogP contribution < -0.4 is 4.74 Å². The number of aliphatic hydroxyl groups is 2. The van der Waals surface area contributed by atoms with Gasteiger partial charge in [-0.05, 0) is 69.0 Å². The third-order valence-corrected chi connectivity index (χ3v) is 8.48. The number of hydrogen-bond donors (Lipinski definition) is 2. The van der Waals surface area contributed by atoms with Gasteiger partial charge in [0.25, 0.3) is 0 Å². The molecule has 2 bridgehead atoms. The number of benzene rings is 1. The number of aryl methyl sites for hydroxylation is 1. The molecule has 6 rings (SSSR count). The van der Waals surface area contributed by atoms with Gasteiger partial charge in [-0.2, -0.15) is 0 Å². The fraction of sp³-hybridized carbons (Fsp3) is 0.727. The second kappa shape index (κ2) is 5.03. The van der Waals surface area contributed by atoms with Crippen LogP contribution in [0.15, 0.2) is 12.1 Å². The molecule has 3 aliphatic carbocycles. The van der Waals surface area contributed by atoms with Gasteiger partial charge in [-0.1, -0.05) is 18.6 Å². The molecule has 0 radical (unpaired) electrons. The lowest BCUT2D eigenvalue weighted by Gasteiger charge is -2.64. The van der Waals surface area contributed by atoms with Crippen LogP contribution in [-0.4, -0.2) is 52.1 Å². The molecule has 4 heteroatoms. The first-order chi connectivity index (χ1) is 12.5. The van der Waals surface area contributed by atoms with Gasteiger partial charge >= 0.3 is 0 Å². The zero-order valence-corrected chi connectivity index (χ0v) is 15.6. The number of rotatable bonds is 2. The van der Waals surface area contributed by atoms with Gasteiger partial charge in [0.05, 0.1) is 17.1 Å². The van der Waals surface area contributed by atoms with E-state index in [9.17, 15) is 10.2 Å². The Labute approximate surface area is 155 Å². The summed E-state index contributed by atoms with van der Waals surface area (Å²) in [6.07, 6.45) is 6.43. The maximum absolute atomic E-state index is 12.2. The van der Waals surface area contributed by atoms with E-state index in [4.69, 9.17) is 4.74 Å². The van der Waals surface area contributed by atoms with Crippen LogP contribution in [0.5, 0.6) is 5.75 Å². The van der Waals surface area contributed by atoms with E-state index >= 15 is 0 Å². The molecule has 1 spiro atoms. The summed E-state index contributed by atoms with van der Waals surface area (Å²) < 4.78 is 6.41. The number of hydrogen-bond acceptors (Lipinski definition) is 4. The van der Waals surface area contributed by atoms with Crippen molar-refractivity contribution in [3.63, 3.8) is 0 Å². The number of likely N-dealkylation sites (tertiary alicyclic amines) is 1. The van der Waals surface area contributed by atoms with Crippen LogP contribution in [-0.2, 0) is 11.8 Å². The molecular weight excluding hydrogens is 326 g/mol. The highest BCUT2D eigenvalue weighted by Crippen LogP contribution is 2.64. The van der Waals surface area contributed by atoms with E-state index in [1.807, 2.05) is 0 Å². The van der Waals surface area contributed by atoms with E-state index in [2.05, 4.69) is 24.0 Å². The van der Waals surface area contributed by atoms with Gasteiger partial charge < -0.3 is 14.9 Å². The zero-order chi connectivity index (χ0) is 17.7. The Morgan fingerprint density at radius 2 is 2.08 bits per heavy atom. The first kappa shape index (κ1) is 15.9. The minimum atomic E-state index is -0.773. The maximum atomic E-state index is 12.2. The van der Waals surface area contributed by atoms with E-state index in [0.29, 0.717) is 12.8 Å². The Morgan fingerprint density at radius 1 is 1.23 bits per heavy atom. The van der Waals surface area contributed by atoms with Crippen molar-refractivity contribution in [3.8, 4) is 5.75 Å². The molecule has 5 atom stereocenters. The molecule has 3 fully saturated rings. The average Bonchev–Trinajstić information content (AvgIpc) is 2.93. The van der Waals surface area contributed by atoms with E-state index in [0.717, 1.165) is 43.2 Å². The van der Waals surface area contributed by atoms with Crippen LogP contribution >= 0.6 is 0 Å². The molecule has 1 aromatic carbocycles. The standard InChI is InChI=1S/C22H29NO3/c1-13-5-6-15-11-17-22(25)8-7-16(24)20-21(22,18(15)19(13)26-20)9-10-23(17)12-14-3-2-4-14/h5-6,14,16-17,20,24-25H,2-4,7-12H2,1H3/t16?,17-,20?,21?,22-/m0/s1. The molecule has 0 aromatic heterocycles. The highest BCUT2D eigenvalue weighted by Gasteiger charge is 2.72. The molecular formula is C22H29NO3. The van der Waals surface area contributed by atoms with Crippen molar-refractivity contribution >= 4 is 0 Å². The molecule has 26 heavy (non-hydrogen) atoms. The van der Waals surface area contributed by atoms with Crippen molar-refractivity contribution in [2.75, 3.05) is 13.1 Å². The molecule has 140 valence electrons. The van der Waals surface area contributed by atoms with Gasteiger partial charge in [-0.3, -0.25) is 4.90 Å². The summed E-state index contributed by atoms with van der Waals surface area (Å²) in [5, 5.41) is 23.0. The van der Waals surface area contributed by atoms with Gasteiger partial charge in [0, 0.05) is 18.2 Å². The summed E-state index contributed by atoms with van der Waals surface area (Å²) in [6.45, 7) is 4.24. The van der Waals surface area contributed by atoms with Gasteiger partial charge in [0.1, 0.15) is 11.9 Å². The second-order valence-corrected chi connectivity index (χ2v) is 9.55. The summed E-state index contributed by atoms with van der Waals surface area (Å²) in [4.78, 5) is 2.59. The molecule has 2 heterocycles. The topological polar surface area (TPSA) is 52.9 Å². The second-order valence-electron chi connectivity index (χ2n) is 9.55. The van der Waals surface area contributed by atoms with Crippen LogP contribution in [0.25, 0.3) is 0 Å². The maximum Gasteiger partial charge on any atom is 0.137 e. The summed E-state index contributed by atoms with van der Waals surface area (Å²) >= 11 is 0. The van der Waals surface area contributed by atoms with Crippen LogP contribution in [0.3, 0.4) is 0 Å². The van der Waals surface area contributed by atoms with Crippen LogP contribution in [0.1, 0.15) is 55.2 Å². The third kappa shape index (κ3) is 1.68. The predicted molar refractivity (Wildman–Crippen MR) is 98.5 cm³/mol. The fourth-order valence-corrected chi connectivity index (χ4v) is 6.98. The Hall–Kier alpha value is -1.10. The third-order valence-electron chi connectivity index (χ3n) is 8.48. The Balaban J connectivity index is 1.52. The largest absolute Gasteiger partial charge is 0.486 e. The molecule has 0 amide bonds. The lowest BCUT2D eigenvalue weighted by molar-refractivity contribution is -0.209. The van der Waals surface area contributed by atoms with Crippen LogP contribution in [0, 0.1) is 12.8 Å². The van der Waals surface area contributed by atoms with Gasteiger partial charge in [0.2, 0.25) is 0 Å². The predicted octanol–water partition coefficient (Wildman–Crippen LogP) is 2.31. The van der Waals surface area contributed by atoms with Crippen molar-refractivity contribution in [2.24, 2.45) is 5.92 Å². The minimum absolute atomic E-state index is 0.164. The molecule has 2 aliphatic heterocycles. The molecule has 1 saturated heterocycles. The van der Waals surface area contributed by atoms with E-state index in [1.165, 1.54) is 30.4 Å².